The summed E-state index contributed by atoms with van der Waals surface area (Å²) in [6.07, 6.45) is 4.44. The van der Waals surface area contributed by atoms with Crippen LogP contribution in [0.3, 0.4) is 0 Å². The van der Waals surface area contributed by atoms with Crippen molar-refractivity contribution in [1.29, 1.82) is 0 Å². The molecule has 4 aromatic heterocycles. The Morgan fingerprint density at radius 1 is 1.08 bits per heavy atom. The van der Waals surface area contributed by atoms with E-state index >= 15 is 0 Å². The molecule has 0 bridgehead atoms. The lowest BCUT2D eigenvalue weighted by molar-refractivity contribution is 0.313. The lowest BCUT2D eigenvalue weighted by Crippen LogP contribution is -2.25. The van der Waals surface area contributed by atoms with Crippen LogP contribution in [0.4, 0.5) is 11.6 Å². The average molecular weight is 511 g/mol. The SMILES string of the molecule is CC(C)n1c(=O)c2cnc(Nc3ccc4c5c([nH]c4c3)CCN(C)C5)nc2n1-c1ccnc(C(C)(C)C)c1. The fourth-order valence-corrected chi connectivity index (χ4v) is 5.30. The summed E-state index contributed by atoms with van der Waals surface area (Å²) in [6.45, 7) is 12.4. The summed E-state index contributed by atoms with van der Waals surface area (Å²) in [4.78, 5) is 33.3. The maximum Gasteiger partial charge on any atom is 0.278 e. The second kappa shape index (κ2) is 8.80. The molecule has 0 aliphatic carbocycles. The lowest BCUT2D eigenvalue weighted by Gasteiger charge is -2.22. The van der Waals surface area contributed by atoms with Crippen LogP contribution in [0.5, 0.6) is 0 Å². The summed E-state index contributed by atoms with van der Waals surface area (Å²) >= 11 is 0. The fourth-order valence-electron chi connectivity index (χ4n) is 5.30. The van der Waals surface area contributed by atoms with Gasteiger partial charge in [0.2, 0.25) is 5.95 Å². The molecule has 2 N–H and O–H groups in total. The van der Waals surface area contributed by atoms with Crippen LogP contribution in [0.1, 0.15) is 57.6 Å². The molecule has 0 saturated carbocycles. The Balaban J connectivity index is 1.44. The van der Waals surface area contributed by atoms with Crippen molar-refractivity contribution in [3.8, 4) is 5.69 Å². The Kier molecular flexibility index (Phi) is 5.64. The summed E-state index contributed by atoms with van der Waals surface area (Å²) in [7, 11) is 2.16. The first-order valence-corrected chi connectivity index (χ1v) is 13.2. The van der Waals surface area contributed by atoms with Gasteiger partial charge in [0.05, 0.1) is 5.69 Å². The molecule has 5 heterocycles. The highest BCUT2D eigenvalue weighted by atomic mass is 16.1. The second-order valence-corrected chi connectivity index (χ2v) is 11.6. The van der Waals surface area contributed by atoms with E-state index < -0.39 is 0 Å². The van der Waals surface area contributed by atoms with Gasteiger partial charge in [-0.15, -0.1) is 0 Å². The van der Waals surface area contributed by atoms with E-state index in [4.69, 9.17) is 4.98 Å². The fraction of sp³-hybridized carbons (Fsp3) is 0.379. The monoisotopic (exact) mass is 510 g/mol. The zero-order valence-corrected chi connectivity index (χ0v) is 22.8. The number of fused-ring (bicyclic) bond motifs is 4. The first-order valence-electron chi connectivity index (χ1n) is 13.2. The minimum absolute atomic E-state index is 0.0697. The van der Waals surface area contributed by atoms with E-state index in [1.807, 2.05) is 30.7 Å². The molecule has 38 heavy (non-hydrogen) atoms. The summed E-state index contributed by atoms with van der Waals surface area (Å²) in [5.74, 6) is 0.438. The highest BCUT2D eigenvalue weighted by Crippen LogP contribution is 2.30. The first kappa shape index (κ1) is 24.4. The molecule has 1 aliphatic rings. The van der Waals surface area contributed by atoms with Gasteiger partial charge in [0.1, 0.15) is 5.39 Å². The molecule has 0 atom stereocenters. The van der Waals surface area contributed by atoms with Crippen LogP contribution >= 0.6 is 0 Å². The number of pyridine rings is 1. The minimum atomic E-state index is -0.130. The van der Waals surface area contributed by atoms with Gasteiger partial charge >= 0.3 is 0 Å². The Morgan fingerprint density at radius 2 is 1.89 bits per heavy atom. The van der Waals surface area contributed by atoms with Crippen molar-refractivity contribution in [3.63, 3.8) is 0 Å². The average Bonchev–Trinajstić information content (AvgIpc) is 3.37. The van der Waals surface area contributed by atoms with Crippen LogP contribution in [-0.2, 0) is 18.4 Å². The van der Waals surface area contributed by atoms with Gasteiger partial charge in [-0.1, -0.05) is 26.8 Å². The zero-order valence-electron chi connectivity index (χ0n) is 22.8. The second-order valence-electron chi connectivity index (χ2n) is 11.6. The van der Waals surface area contributed by atoms with Gasteiger partial charge in [0.25, 0.3) is 5.56 Å². The van der Waals surface area contributed by atoms with Gasteiger partial charge in [-0.05, 0) is 50.7 Å². The van der Waals surface area contributed by atoms with Gasteiger partial charge in [0.15, 0.2) is 5.65 Å². The number of aromatic amines is 1. The standard InChI is InChI=1S/C29H34N8O/c1-17(2)36-27(38)21-15-31-28(34-26(21)37(36)19-9-11-30-25(14-19)29(3,4)5)32-18-7-8-20-22-16-35(6)12-10-23(22)33-24(20)13-18/h7-9,11,13-15,17,33H,10,12,16H2,1-6H3,(H,31,32,34). The van der Waals surface area contributed by atoms with Crippen LogP contribution in [0.25, 0.3) is 27.6 Å². The van der Waals surface area contributed by atoms with E-state index in [-0.39, 0.29) is 17.0 Å². The molecular formula is C29H34N8O. The van der Waals surface area contributed by atoms with Gasteiger partial charge < -0.3 is 15.2 Å². The summed E-state index contributed by atoms with van der Waals surface area (Å²) in [6, 6.07) is 10.2. The van der Waals surface area contributed by atoms with Crippen molar-refractivity contribution in [2.75, 3.05) is 18.9 Å². The number of rotatable bonds is 4. The predicted molar refractivity (Wildman–Crippen MR) is 152 cm³/mol. The lowest BCUT2D eigenvalue weighted by atomic mass is 9.91. The molecule has 0 saturated heterocycles. The van der Waals surface area contributed by atoms with Crippen molar-refractivity contribution < 1.29 is 0 Å². The summed E-state index contributed by atoms with van der Waals surface area (Å²) < 4.78 is 3.63. The third-order valence-corrected chi connectivity index (χ3v) is 7.29. The number of hydrogen-bond donors (Lipinski definition) is 2. The quantitative estimate of drug-likeness (QED) is 0.351. The van der Waals surface area contributed by atoms with Crippen LogP contribution in [0.15, 0.2) is 47.5 Å². The normalized spacial score (nSPS) is 14.5. The van der Waals surface area contributed by atoms with Crippen molar-refractivity contribution in [2.24, 2.45) is 0 Å². The van der Waals surface area contributed by atoms with Crippen molar-refractivity contribution in [3.05, 3.63) is 70.0 Å². The molecule has 0 spiro atoms. The van der Waals surface area contributed by atoms with E-state index in [9.17, 15) is 4.79 Å². The maximum atomic E-state index is 13.4. The van der Waals surface area contributed by atoms with E-state index in [1.165, 1.54) is 16.6 Å². The third-order valence-electron chi connectivity index (χ3n) is 7.29. The topological polar surface area (TPSA) is 96.7 Å². The highest BCUT2D eigenvalue weighted by Gasteiger charge is 2.22. The first-order chi connectivity index (χ1) is 18.1. The van der Waals surface area contributed by atoms with Gasteiger partial charge in [-0.2, -0.15) is 4.98 Å². The highest BCUT2D eigenvalue weighted by molar-refractivity contribution is 5.88. The van der Waals surface area contributed by atoms with Crippen LogP contribution in [0, 0.1) is 0 Å². The van der Waals surface area contributed by atoms with E-state index in [2.05, 4.69) is 71.2 Å². The Bertz CT molecular complexity index is 1730. The maximum absolute atomic E-state index is 13.4. The molecule has 196 valence electrons. The third kappa shape index (κ3) is 4.07. The molecule has 0 radical (unpaired) electrons. The number of benzene rings is 1. The number of nitrogens with zero attached hydrogens (tertiary/aromatic N) is 6. The molecule has 9 heteroatoms. The van der Waals surface area contributed by atoms with Gasteiger partial charge in [0, 0.05) is 71.3 Å². The van der Waals surface area contributed by atoms with Crippen molar-refractivity contribution in [2.45, 2.75) is 59.0 Å². The predicted octanol–water partition coefficient (Wildman–Crippen LogP) is 5.07. The number of nitrogens with one attached hydrogen (secondary N) is 2. The molecule has 5 aromatic rings. The van der Waals surface area contributed by atoms with Crippen LogP contribution < -0.4 is 10.9 Å². The van der Waals surface area contributed by atoms with E-state index in [1.54, 1.807) is 17.1 Å². The number of likely N-dealkylation sites (N-methyl/N-ethyl adjacent to an activating group) is 1. The number of aromatic nitrogens is 6. The molecular weight excluding hydrogens is 476 g/mol. The Labute approximate surface area is 221 Å². The minimum Gasteiger partial charge on any atom is -0.358 e. The number of H-pyrrole nitrogens is 1. The van der Waals surface area contributed by atoms with Crippen molar-refractivity contribution in [1.82, 2.24) is 34.2 Å². The summed E-state index contributed by atoms with van der Waals surface area (Å²) in [5, 5.41) is 5.09. The Hall–Kier alpha value is -3.98. The molecule has 1 aromatic carbocycles. The molecule has 0 fully saturated rings. The number of hydrogen-bond acceptors (Lipinski definition) is 6. The van der Waals surface area contributed by atoms with Gasteiger partial charge in [-0.25, -0.2) is 14.3 Å². The van der Waals surface area contributed by atoms with Gasteiger partial charge in [-0.3, -0.25) is 9.78 Å². The molecule has 0 amide bonds. The van der Waals surface area contributed by atoms with E-state index in [0.29, 0.717) is 17.0 Å². The number of anilines is 2. The molecule has 9 nitrogen and oxygen atoms in total. The smallest absolute Gasteiger partial charge is 0.278 e. The van der Waals surface area contributed by atoms with E-state index in [0.717, 1.165) is 42.1 Å². The largest absolute Gasteiger partial charge is 0.358 e. The molecule has 0 unspecified atom stereocenters. The zero-order chi connectivity index (χ0) is 26.8. The molecule has 1 aliphatic heterocycles. The molecule has 6 rings (SSSR count). The summed E-state index contributed by atoms with van der Waals surface area (Å²) in [5.41, 5.74) is 6.80. The van der Waals surface area contributed by atoms with Crippen LogP contribution in [-0.4, -0.2) is 47.8 Å². The van der Waals surface area contributed by atoms with Crippen molar-refractivity contribution >= 4 is 33.6 Å². The Morgan fingerprint density at radius 3 is 2.66 bits per heavy atom. The van der Waals surface area contributed by atoms with Crippen LogP contribution in [0.2, 0.25) is 0 Å².